The monoisotopic (exact) mass is 335 g/mol. The van der Waals surface area contributed by atoms with Gasteiger partial charge in [0.05, 0.1) is 12.1 Å². The number of aromatic nitrogens is 2. The minimum Gasteiger partial charge on any atom is -0.336 e. The Hall–Kier alpha value is -1.99. The number of hydrogen-bond acceptors (Lipinski definition) is 4. The third-order valence-corrected chi connectivity index (χ3v) is 5.65. The molecule has 2 rings (SSSR count). The second-order valence-corrected chi connectivity index (χ2v) is 7.61. The lowest BCUT2D eigenvalue weighted by Gasteiger charge is -2.19. The van der Waals surface area contributed by atoms with Crippen LogP contribution in [0, 0.1) is 5.92 Å². The van der Waals surface area contributed by atoms with Gasteiger partial charge in [-0.05, 0) is 12.0 Å². The summed E-state index contributed by atoms with van der Waals surface area (Å²) in [6.45, 7) is 0.871. The molecule has 7 heteroatoms. The van der Waals surface area contributed by atoms with Crippen LogP contribution in [0.1, 0.15) is 5.56 Å². The fraction of sp³-hybridized carbons (Fsp3) is 0.375. The van der Waals surface area contributed by atoms with Crippen molar-refractivity contribution in [2.75, 3.05) is 19.3 Å². The van der Waals surface area contributed by atoms with E-state index in [-0.39, 0.29) is 5.75 Å². The molecule has 0 saturated carbocycles. The first-order valence-corrected chi connectivity index (χ1v) is 9.01. The van der Waals surface area contributed by atoms with E-state index in [0.717, 1.165) is 11.8 Å². The summed E-state index contributed by atoms with van der Waals surface area (Å²) in [5.74, 6) is -0.718. The van der Waals surface area contributed by atoms with Gasteiger partial charge in [-0.3, -0.25) is 0 Å². The number of hydrogen-bond donors (Lipinski definition) is 0. The average Bonchev–Trinajstić information content (AvgIpc) is 3.06. The van der Waals surface area contributed by atoms with Gasteiger partial charge in [-0.15, -0.1) is 0 Å². The molecule has 1 aromatic heterocycles. The minimum absolute atomic E-state index is 0.175. The molecule has 0 bridgehead atoms. The Morgan fingerprint density at radius 3 is 2.65 bits per heavy atom. The van der Waals surface area contributed by atoms with Crippen LogP contribution in [-0.2, 0) is 27.8 Å². The van der Waals surface area contributed by atoms with E-state index in [9.17, 15) is 13.2 Å². The van der Waals surface area contributed by atoms with E-state index >= 15 is 0 Å². The maximum atomic E-state index is 12.4. The predicted octanol–water partition coefficient (Wildman–Crippen LogP) is 1.20. The second kappa shape index (κ2) is 8.03. The first-order chi connectivity index (χ1) is 11.0. The van der Waals surface area contributed by atoms with Crippen molar-refractivity contribution in [1.82, 2.24) is 13.9 Å². The molecule has 0 saturated heterocycles. The Balaban J connectivity index is 1.93. The molecule has 23 heavy (non-hydrogen) atoms. The Bertz CT molecular complexity index is 699. The van der Waals surface area contributed by atoms with E-state index < -0.39 is 15.9 Å². The van der Waals surface area contributed by atoms with Gasteiger partial charge < -0.3 is 9.36 Å². The molecule has 1 heterocycles. The van der Waals surface area contributed by atoms with Crippen molar-refractivity contribution in [2.45, 2.75) is 13.0 Å². The highest BCUT2D eigenvalue weighted by Crippen LogP contribution is 2.11. The first-order valence-electron chi connectivity index (χ1n) is 7.40. The number of carbonyl (C=O) groups excluding carboxylic acids is 1. The van der Waals surface area contributed by atoms with E-state index in [4.69, 9.17) is 0 Å². The van der Waals surface area contributed by atoms with Crippen LogP contribution in [0.2, 0.25) is 0 Å². The highest BCUT2D eigenvalue weighted by atomic mass is 32.2. The zero-order valence-corrected chi connectivity index (χ0v) is 13.9. The molecule has 0 aliphatic rings. The molecule has 0 N–H and O–H groups in total. The zero-order valence-electron chi connectivity index (χ0n) is 13.1. The lowest BCUT2D eigenvalue weighted by molar-refractivity contribution is -0.110. The van der Waals surface area contributed by atoms with Crippen LogP contribution in [-0.4, -0.2) is 47.9 Å². The number of aldehydes is 1. The van der Waals surface area contributed by atoms with Crippen molar-refractivity contribution >= 4 is 16.3 Å². The molecule has 1 aromatic carbocycles. The van der Waals surface area contributed by atoms with Gasteiger partial charge in [-0.2, -0.15) is 0 Å². The fourth-order valence-electron chi connectivity index (χ4n) is 2.28. The molecule has 124 valence electrons. The molecule has 1 atom stereocenters. The summed E-state index contributed by atoms with van der Waals surface area (Å²) in [5, 5.41) is 0. The molecule has 0 amide bonds. The topological polar surface area (TPSA) is 72.3 Å². The molecule has 2 aromatic rings. The Morgan fingerprint density at radius 1 is 1.30 bits per heavy atom. The van der Waals surface area contributed by atoms with Gasteiger partial charge in [-0.25, -0.2) is 17.7 Å². The van der Waals surface area contributed by atoms with Crippen molar-refractivity contribution in [1.29, 1.82) is 0 Å². The van der Waals surface area contributed by atoms with Gasteiger partial charge >= 0.3 is 0 Å². The molecular weight excluding hydrogens is 314 g/mol. The smallest absolute Gasteiger partial charge is 0.214 e. The second-order valence-electron chi connectivity index (χ2n) is 5.49. The third-order valence-electron chi connectivity index (χ3n) is 3.67. The van der Waals surface area contributed by atoms with E-state index in [1.165, 1.54) is 11.4 Å². The maximum absolute atomic E-state index is 12.4. The Morgan fingerprint density at radius 2 is 2.04 bits per heavy atom. The maximum Gasteiger partial charge on any atom is 0.214 e. The summed E-state index contributed by atoms with van der Waals surface area (Å²) in [6.07, 6.45) is 6.23. The van der Waals surface area contributed by atoms with E-state index in [1.807, 2.05) is 34.9 Å². The van der Waals surface area contributed by atoms with Crippen molar-refractivity contribution in [2.24, 2.45) is 5.92 Å². The third kappa shape index (κ3) is 5.30. The number of imidazole rings is 1. The van der Waals surface area contributed by atoms with Gasteiger partial charge in [0.25, 0.3) is 0 Å². The van der Waals surface area contributed by atoms with Crippen LogP contribution in [0.15, 0.2) is 49.1 Å². The fourth-order valence-corrected chi connectivity index (χ4v) is 3.63. The largest absolute Gasteiger partial charge is 0.336 e. The molecule has 0 aliphatic carbocycles. The number of likely N-dealkylation sites (N-methyl/N-ethyl adjacent to an activating group) is 1. The summed E-state index contributed by atoms with van der Waals surface area (Å²) in [4.78, 5) is 15.2. The molecule has 0 unspecified atom stereocenters. The molecular formula is C16H21N3O3S. The van der Waals surface area contributed by atoms with Crippen LogP contribution in [0.5, 0.6) is 0 Å². The molecule has 0 fully saturated rings. The van der Waals surface area contributed by atoms with Crippen LogP contribution in [0.25, 0.3) is 0 Å². The van der Waals surface area contributed by atoms with Crippen LogP contribution in [0.4, 0.5) is 0 Å². The van der Waals surface area contributed by atoms with Gasteiger partial charge in [-0.1, -0.05) is 30.3 Å². The van der Waals surface area contributed by atoms with Crippen LogP contribution < -0.4 is 0 Å². The standard InChI is InChI=1S/C16H21N3O3S/c1-18(9-10-19-8-7-17-14-19)23(21,22)13-16(12-20)11-15-5-3-2-4-6-15/h2-8,12,14,16H,9-11,13H2,1H3/t16-/m0/s1. The highest BCUT2D eigenvalue weighted by molar-refractivity contribution is 7.89. The molecule has 0 aliphatic heterocycles. The summed E-state index contributed by atoms with van der Waals surface area (Å²) in [7, 11) is -1.94. The molecule has 6 nitrogen and oxygen atoms in total. The normalized spacial score (nSPS) is 13.1. The predicted molar refractivity (Wildman–Crippen MR) is 88.3 cm³/mol. The minimum atomic E-state index is -3.48. The Kier molecular flexibility index (Phi) is 6.06. The van der Waals surface area contributed by atoms with Crippen LogP contribution >= 0.6 is 0 Å². The van der Waals surface area contributed by atoms with Crippen molar-refractivity contribution in [3.05, 3.63) is 54.6 Å². The SMILES string of the molecule is CN(CCn1ccnc1)S(=O)(=O)C[C@H](C=O)Cc1ccccc1. The lowest BCUT2D eigenvalue weighted by Crippen LogP contribution is -2.35. The van der Waals surface area contributed by atoms with Gasteiger partial charge in [0.2, 0.25) is 10.0 Å². The van der Waals surface area contributed by atoms with Gasteiger partial charge in [0.15, 0.2) is 0 Å². The van der Waals surface area contributed by atoms with Gasteiger partial charge in [0.1, 0.15) is 6.29 Å². The molecule has 0 spiro atoms. The number of benzene rings is 1. The number of carbonyl (C=O) groups is 1. The lowest BCUT2D eigenvalue weighted by atomic mass is 10.0. The average molecular weight is 335 g/mol. The van der Waals surface area contributed by atoms with Crippen molar-refractivity contribution in [3.8, 4) is 0 Å². The van der Waals surface area contributed by atoms with Crippen molar-refractivity contribution in [3.63, 3.8) is 0 Å². The van der Waals surface area contributed by atoms with E-state index in [1.54, 1.807) is 18.7 Å². The summed E-state index contributed by atoms with van der Waals surface area (Å²) >= 11 is 0. The number of nitrogens with zero attached hydrogens (tertiary/aromatic N) is 3. The first kappa shape index (κ1) is 17.4. The quantitative estimate of drug-likeness (QED) is 0.646. The number of rotatable bonds is 9. The highest BCUT2D eigenvalue weighted by Gasteiger charge is 2.23. The van der Waals surface area contributed by atoms with Crippen LogP contribution in [0.3, 0.4) is 0 Å². The summed E-state index contributed by atoms with van der Waals surface area (Å²) in [6, 6.07) is 9.43. The summed E-state index contributed by atoms with van der Waals surface area (Å²) < 4.78 is 27.9. The summed E-state index contributed by atoms with van der Waals surface area (Å²) in [5.41, 5.74) is 0.959. The van der Waals surface area contributed by atoms with E-state index in [0.29, 0.717) is 19.5 Å². The van der Waals surface area contributed by atoms with Crippen molar-refractivity contribution < 1.29 is 13.2 Å². The molecule has 0 radical (unpaired) electrons. The van der Waals surface area contributed by atoms with E-state index in [2.05, 4.69) is 4.98 Å². The zero-order chi connectivity index (χ0) is 16.7. The van der Waals surface area contributed by atoms with Gasteiger partial charge in [0, 0.05) is 38.4 Å². The number of sulfonamides is 1. The Labute approximate surface area is 136 Å².